The first kappa shape index (κ1) is 18.5. The van der Waals surface area contributed by atoms with E-state index in [2.05, 4.69) is 21.7 Å². The van der Waals surface area contributed by atoms with Crippen LogP contribution < -0.4 is 5.73 Å². The van der Waals surface area contributed by atoms with Crippen LogP contribution in [0.5, 0.6) is 0 Å². The number of nitrogens with zero attached hydrogens (tertiary/aromatic N) is 3. The molecule has 1 aromatic rings. The van der Waals surface area contributed by atoms with Crippen molar-refractivity contribution in [3.8, 4) is 0 Å². The second-order valence-corrected chi connectivity index (χ2v) is 7.28. The third-order valence-corrected chi connectivity index (χ3v) is 5.56. The summed E-state index contributed by atoms with van der Waals surface area (Å²) in [7, 11) is 0. The molecule has 1 saturated heterocycles. The normalized spacial score (nSPS) is 22.5. The molecule has 1 unspecified atom stereocenters. The van der Waals surface area contributed by atoms with Gasteiger partial charge in [-0.05, 0) is 42.5 Å². The molecule has 28 heavy (non-hydrogen) atoms. The van der Waals surface area contributed by atoms with Gasteiger partial charge in [-0.2, -0.15) is 23.4 Å². The zero-order chi connectivity index (χ0) is 19.9. The number of piperidine rings is 1. The van der Waals surface area contributed by atoms with Crippen molar-refractivity contribution < 1.29 is 13.2 Å². The molecule has 0 spiro atoms. The Morgan fingerprint density at radius 2 is 1.86 bits per heavy atom. The molecule has 146 valence electrons. The molecule has 0 radical (unpaired) electrons. The number of nitrogens with two attached hydrogens (primary N) is 1. The lowest BCUT2D eigenvalue weighted by Gasteiger charge is -2.36. The van der Waals surface area contributed by atoms with Crippen molar-refractivity contribution in [3.63, 3.8) is 0 Å². The van der Waals surface area contributed by atoms with Gasteiger partial charge in [-0.1, -0.05) is 30.9 Å². The highest BCUT2D eigenvalue weighted by atomic mass is 19.4. The van der Waals surface area contributed by atoms with Crippen LogP contribution in [0, 0.1) is 5.92 Å². The van der Waals surface area contributed by atoms with Gasteiger partial charge in [0.15, 0.2) is 0 Å². The Morgan fingerprint density at radius 1 is 1.14 bits per heavy atom. The minimum atomic E-state index is -4.33. The van der Waals surface area contributed by atoms with Gasteiger partial charge in [0.2, 0.25) is 0 Å². The van der Waals surface area contributed by atoms with Crippen molar-refractivity contribution in [1.29, 1.82) is 0 Å². The summed E-state index contributed by atoms with van der Waals surface area (Å²) in [6.45, 7) is 5.46. The SMILES string of the molecule is C=C(C1=NN=C2C=C(N)C=CC21)N1CCC(c2ccccc2C(F)(F)F)CC1. The molecule has 1 atom stereocenters. The van der Waals surface area contributed by atoms with E-state index >= 15 is 0 Å². The van der Waals surface area contributed by atoms with Crippen LogP contribution in [0.2, 0.25) is 0 Å². The van der Waals surface area contributed by atoms with E-state index in [1.165, 1.54) is 12.1 Å². The van der Waals surface area contributed by atoms with Crippen LogP contribution >= 0.6 is 0 Å². The Kier molecular flexibility index (Phi) is 4.61. The minimum absolute atomic E-state index is 0.0523. The predicted molar refractivity (Wildman–Crippen MR) is 104 cm³/mol. The Balaban J connectivity index is 1.43. The molecule has 2 heterocycles. The lowest BCUT2D eigenvalue weighted by molar-refractivity contribution is -0.138. The largest absolute Gasteiger partial charge is 0.416 e. The summed E-state index contributed by atoms with van der Waals surface area (Å²) in [6.07, 6.45) is 2.54. The summed E-state index contributed by atoms with van der Waals surface area (Å²) in [5.74, 6) is -0.167. The molecule has 1 aliphatic carbocycles. The van der Waals surface area contributed by atoms with Crippen LogP contribution in [-0.4, -0.2) is 29.4 Å². The highest BCUT2D eigenvalue weighted by Gasteiger charge is 2.36. The van der Waals surface area contributed by atoms with Gasteiger partial charge in [0.1, 0.15) is 0 Å². The zero-order valence-electron chi connectivity index (χ0n) is 15.3. The van der Waals surface area contributed by atoms with Crippen molar-refractivity contribution in [2.75, 3.05) is 13.1 Å². The van der Waals surface area contributed by atoms with Gasteiger partial charge in [-0.15, -0.1) is 0 Å². The topological polar surface area (TPSA) is 54.0 Å². The smallest absolute Gasteiger partial charge is 0.399 e. The molecule has 2 N–H and O–H groups in total. The van der Waals surface area contributed by atoms with Gasteiger partial charge in [0, 0.05) is 18.8 Å². The Hall–Kier alpha value is -2.83. The second-order valence-electron chi connectivity index (χ2n) is 7.28. The van der Waals surface area contributed by atoms with E-state index in [9.17, 15) is 13.2 Å². The van der Waals surface area contributed by atoms with Crippen LogP contribution in [-0.2, 0) is 6.18 Å². The number of alkyl halides is 3. The fraction of sp³-hybridized carbons (Fsp3) is 0.333. The number of rotatable bonds is 3. The molecule has 0 saturated carbocycles. The fourth-order valence-electron chi connectivity index (χ4n) is 4.08. The lowest BCUT2D eigenvalue weighted by Crippen LogP contribution is -2.37. The van der Waals surface area contributed by atoms with Gasteiger partial charge in [-0.25, -0.2) is 0 Å². The van der Waals surface area contributed by atoms with Gasteiger partial charge in [0.25, 0.3) is 0 Å². The van der Waals surface area contributed by atoms with Crippen LogP contribution in [0.1, 0.15) is 29.9 Å². The van der Waals surface area contributed by atoms with Crippen molar-refractivity contribution in [2.24, 2.45) is 21.9 Å². The lowest BCUT2D eigenvalue weighted by atomic mass is 9.85. The van der Waals surface area contributed by atoms with E-state index in [1.54, 1.807) is 18.2 Å². The number of hydrogen-bond donors (Lipinski definition) is 1. The molecule has 0 amide bonds. The van der Waals surface area contributed by atoms with Crippen molar-refractivity contribution in [1.82, 2.24) is 4.90 Å². The Morgan fingerprint density at radius 3 is 2.57 bits per heavy atom. The summed E-state index contributed by atoms with van der Waals surface area (Å²) in [5, 5.41) is 8.47. The molecule has 4 rings (SSSR count). The van der Waals surface area contributed by atoms with Gasteiger partial charge in [-0.3, -0.25) is 0 Å². The summed E-state index contributed by atoms with van der Waals surface area (Å²) < 4.78 is 40.0. The number of benzene rings is 1. The van der Waals surface area contributed by atoms with E-state index < -0.39 is 11.7 Å². The van der Waals surface area contributed by atoms with E-state index in [0.717, 1.165) is 17.1 Å². The number of halogens is 3. The van der Waals surface area contributed by atoms with Gasteiger partial charge >= 0.3 is 6.18 Å². The third-order valence-electron chi connectivity index (χ3n) is 5.56. The minimum Gasteiger partial charge on any atom is -0.399 e. The summed E-state index contributed by atoms with van der Waals surface area (Å²) in [5.41, 5.74) is 8.66. The predicted octanol–water partition coefficient (Wildman–Crippen LogP) is 4.24. The average molecular weight is 386 g/mol. The molecular formula is C21H21F3N4. The molecular weight excluding hydrogens is 365 g/mol. The number of likely N-dealkylation sites (tertiary alicyclic amines) is 1. The van der Waals surface area contributed by atoms with Crippen molar-refractivity contribution in [3.05, 3.63) is 71.6 Å². The van der Waals surface area contributed by atoms with E-state index in [4.69, 9.17) is 5.73 Å². The molecule has 3 aliphatic rings. The maximum Gasteiger partial charge on any atom is 0.416 e. The van der Waals surface area contributed by atoms with E-state index in [0.29, 0.717) is 37.2 Å². The summed E-state index contributed by atoms with van der Waals surface area (Å²) >= 11 is 0. The molecule has 7 heteroatoms. The highest BCUT2D eigenvalue weighted by Crippen LogP contribution is 2.39. The maximum atomic E-state index is 13.3. The quantitative estimate of drug-likeness (QED) is 0.845. The Labute approximate surface area is 161 Å². The zero-order valence-corrected chi connectivity index (χ0v) is 15.3. The summed E-state index contributed by atoms with van der Waals surface area (Å²) in [6, 6.07) is 5.89. The first-order chi connectivity index (χ1) is 13.3. The number of allylic oxidation sites excluding steroid dienone is 4. The molecule has 2 aliphatic heterocycles. The monoisotopic (exact) mass is 386 g/mol. The first-order valence-electron chi connectivity index (χ1n) is 9.26. The maximum absolute atomic E-state index is 13.3. The van der Waals surface area contributed by atoms with Gasteiger partial charge in [0.05, 0.1) is 28.6 Å². The van der Waals surface area contributed by atoms with E-state index in [-0.39, 0.29) is 11.8 Å². The fourth-order valence-corrected chi connectivity index (χ4v) is 4.08. The molecule has 0 bridgehead atoms. The third kappa shape index (κ3) is 3.37. The van der Waals surface area contributed by atoms with Gasteiger partial charge < -0.3 is 10.6 Å². The standard InChI is InChI=1S/C21H21F3N4/c1-13(20-17-7-6-15(25)12-19(17)26-27-20)28-10-8-14(9-11-28)16-4-2-3-5-18(16)21(22,23)24/h2-7,12,14,17H,1,8-11,25H2. The van der Waals surface area contributed by atoms with Crippen molar-refractivity contribution in [2.45, 2.75) is 24.9 Å². The van der Waals surface area contributed by atoms with Crippen LogP contribution in [0.25, 0.3) is 0 Å². The van der Waals surface area contributed by atoms with Crippen LogP contribution in [0.3, 0.4) is 0 Å². The highest BCUT2D eigenvalue weighted by molar-refractivity contribution is 6.22. The number of fused-ring (bicyclic) bond motifs is 1. The van der Waals surface area contributed by atoms with E-state index in [1.807, 2.05) is 12.2 Å². The molecule has 4 nitrogen and oxygen atoms in total. The molecule has 1 aromatic carbocycles. The Bertz CT molecular complexity index is 916. The molecule has 0 aromatic heterocycles. The van der Waals surface area contributed by atoms with Crippen LogP contribution in [0.4, 0.5) is 13.2 Å². The first-order valence-corrected chi connectivity index (χ1v) is 9.26. The second kappa shape index (κ2) is 6.96. The summed E-state index contributed by atoms with van der Waals surface area (Å²) in [4.78, 5) is 2.10. The average Bonchev–Trinajstić information content (AvgIpc) is 3.10. The number of hydrogen-bond acceptors (Lipinski definition) is 4. The van der Waals surface area contributed by atoms with Crippen LogP contribution in [0.15, 0.2) is 70.7 Å². The van der Waals surface area contributed by atoms with Crippen molar-refractivity contribution >= 4 is 11.4 Å². The molecule has 1 fully saturated rings.